The number of imide groups is 2. The Bertz CT molecular complexity index is 1760. The zero-order valence-electron chi connectivity index (χ0n) is 22.7. The minimum atomic E-state index is -0.865. The van der Waals surface area contributed by atoms with Gasteiger partial charge in [-0.1, -0.05) is 54.1 Å². The predicted molar refractivity (Wildman–Crippen MR) is 174 cm³/mol. The van der Waals surface area contributed by atoms with E-state index in [2.05, 4.69) is 42.5 Å². The topological polar surface area (TPSA) is 114 Å². The molecule has 0 atom stereocenters. The maximum atomic E-state index is 13.4. The lowest BCUT2D eigenvalue weighted by molar-refractivity contribution is -0.122. The van der Waals surface area contributed by atoms with Gasteiger partial charge < -0.3 is 14.8 Å². The van der Waals surface area contributed by atoms with Gasteiger partial charge in [0, 0.05) is 0 Å². The number of carbonyl (C=O) groups is 4. The van der Waals surface area contributed by atoms with Crippen molar-refractivity contribution in [1.82, 2.24) is 5.32 Å². The van der Waals surface area contributed by atoms with Gasteiger partial charge in [-0.25, -0.2) is 9.69 Å². The predicted octanol–water partition coefficient (Wildman–Crippen LogP) is 7.13. The molecule has 5 amide bonds. The van der Waals surface area contributed by atoms with Crippen LogP contribution >= 0.6 is 43.5 Å². The molecule has 0 unspecified atom stereocenters. The maximum absolute atomic E-state index is 13.4. The van der Waals surface area contributed by atoms with E-state index >= 15 is 0 Å². The number of hydrogen-bond donors (Lipinski definition) is 2. The molecule has 1 aliphatic heterocycles. The van der Waals surface area contributed by atoms with Crippen molar-refractivity contribution in [2.45, 2.75) is 6.61 Å². The van der Waals surface area contributed by atoms with Gasteiger partial charge in [0.15, 0.2) is 6.61 Å². The summed E-state index contributed by atoms with van der Waals surface area (Å²) in [6.45, 7) is 0.0479. The van der Waals surface area contributed by atoms with Crippen molar-refractivity contribution < 1.29 is 28.7 Å². The highest BCUT2D eigenvalue weighted by molar-refractivity contribution is 9.11. The number of nitrogens with zero attached hydrogens (tertiary/aromatic N) is 1. The second-order valence-electron chi connectivity index (χ2n) is 9.36. The monoisotopic (exact) mass is 737 g/mol. The fourth-order valence-electron chi connectivity index (χ4n) is 4.18. The van der Waals surface area contributed by atoms with Gasteiger partial charge in [-0.2, -0.15) is 0 Å². The van der Waals surface area contributed by atoms with Crippen LogP contribution < -0.4 is 25.0 Å². The molecule has 5 rings (SSSR count). The summed E-state index contributed by atoms with van der Waals surface area (Å²) < 4.78 is 12.4. The fraction of sp³-hybridized carbons (Fsp3) is 0.0625. The summed E-state index contributed by atoms with van der Waals surface area (Å²) >= 11 is 12.9. The standard InChI is InChI=1S/C32H22Br2ClN3O6/c33-24-15-20(16-25(34)29(24)44-18-28(39)36-27-9-5-4-8-26(27)35)14-23-30(40)37-32(42)38(31(23)41)21-10-12-22(13-11-21)43-17-19-6-2-1-3-7-19/h1-16H,17-18H2,(H,36,39)(H,37,40,42)/b23-14-. The van der Waals surface area contributed by atoms with Crippen molar-refractivity contribution in [1.29, 1.82) is 0 Å². The van der Waals surface area contributed by atoms with E-state index in [0.717, 1.165) is 10.5 Å². The SMILES string of the molecule is O=C(COc1c(Br)cc(/C=C2/C(=O)NC(=O)N(c3ccc(OCc4ccccc4)cc3)C2=O)cc1Br)Nc1ccccc1Cl. The van der Waals surface area contributed by atoms with Crippen LogP contribution in [0.2, 0.25) is 5.02 Å². The number of anilines is 2. The summed E-state index contributed by atoms with van der Waals surface area (Å²) in [6, 6.07) is 25.2. The highest BCUT2D eigenvalue weighted by atomic mass is 79.9. The van der Waals surface area contributed by atoms with Gasteiger partial charge in [-0.15, -0.1) is 0 Å². The molecule has 12 heteroatoms. The molecule has 0 spiro atoms. The van der Waals surface area contributed by atoms with Gasteiger partial charge in [-0.05, 0) is 97.6 Å². The van der Waals surface area contributed by atoms with Crippen LogP contribution in [0.3, 0.4) is 0 Å². The van der Waals surface area contributed by atoms with Gasteiger partial charge in [0.05, 0.1) is 25.3 Å². The molecule has 222 valence electrons. The minimum Gasteiger partial charge on any atom is -0.489 e. The number of hydrogen-bond acceptors (Lipinski definition) is 6. The van der Waals surface area contributed by atoms with Gasteiger partial charge >= 0.3 is 6.03 Å². The summed E-state index contributed by atoms with van der Waals surface area (Å²) in [5, 5.41) is 5.28. The Kier molecular flexibility index (Phi) is 9.78. The molecule has 9 nitrogen and oxygen atoms in total. The van der Waals surface area contributed by atoms with Crippen LogP contribution in [0.5, 0.6) is 11.5 Å². The molecule has 1 fully saturated rings. The minimum absolute atomic E-state index is 0.249. The number of benzene rings is 4. The Morgan fingerprint density at radius 1 is 0.886 bits per heavy atom. The molecule has 4 aromatic rings. The Labute approximate surface area is 274 Å². The third-order valence-electron chi connectivity index (χ3n) is 6.27. The summed E-state index contributed by atoms with van der Waals surface area (Å²) in [6.07, 6.45) is 1.36. The molecule has 0 aliphatic carbocycles. The van der Waals surface area contributed by atoms with E-state index in [1.807, 2.05) is 30.3 Å². The van der Waals surface area contributed by atoms with Gasteiger partial charge in [0.25, 0.3) is 17.7 Å². The number of carbonyl (C=O) groups excluding carboxylic acids is 4. The van der Waals surface area contributed by atoms with Crippen LogP contribution in [-0.4, -0.2) is 30.4 Å². The summed E-state index contributed by atoms with van der Waals surface area (Å²) in [5.41, 5.74) is 1.92. The molecule has 1 saturated heterocycles. The summed E-state index contributed by atoms with van der Waals surface area (Å²) in [5.74, 6) is -1.17. The number of urea groups is 1. The third-order valence-corrected chi connectivity index (χ3v) is 7.78. The molecule has 0 bridgehead atoms. The highest BCUT2D eigenvalue weighted by Gasteiger charge is 2.37. The molecule has 1 aliphatic rings. The molecule has 1 heterocycles. The van der Waals surface area contributed by atoms with E-state index in [-0.39, 0.29) is 17.9 Å². The molecule has 4 aromatic carbocycles. The number of ether oxygens (including phenoxy) is 2. The van der Waals surface area contributed by atoms with Crippen LogP contribution in [0.1, 0.15) is 11.1 Å². The Hall–Kier alpha value is -4.45. The number of barbiturate groups is 1. The molecule has 44 heavy (non-hydrogen) atoms. The lowest BCUT2D eigenvalue weighted by Crippen LogP contribution is -2.54. The third kappa shape index (κ3) is 7.36. The molecule has 2 N–H and O–H groups in total. The van der Waals surface area contributed by atoms with Gasteiger partial charge in [0.2, 0.25) is 0 Å². The van der Waals surface area contributed by atoms with Crippen molar-refractivity contribution in [2.75, 3.05) is 16.8 Å². The average molecular weight is 740 g/mol. The van der Waals surface area contributed by atoms with Crippen molar-refractivity contribution in [3.05, 3.63) is 122 Å². The number of rotatable bonds is 9. The normalized spacial score (nSPS) is 13.9. The van der Waals surface area contributed by atoms with Crippen LogP contribution in [0.4, 0.5) is 16.2 Å². The second kappa shape index (κ2) is 13.9. The summed E-state index contributed by atoms with van der Waals surface area (Å²) in [7, 11) is 0. The van der Waals surface area contributed by atoms with Crippen LogP contribution in [0, 0.1) is 0 Å². The van der Waals surface area contributed by atoms with Crippen molar-refractivity contribution >= 4 is 84.7 Å². The Morgan fingerprint density at radius 3 is 2.23 bits per heavy atom. The number of nitrogens with one attached hydrogen (secondary N) is 2. The maximum Gasteiger partial charge on any atom is 0.335 e. The first-order valence-corrected chi connectivity index (χ1v) is 15.0. The Balaban J connectivity index is 1.28. The van der Waals surface area contributed by atoms with Crippen molar-refractivity contribution in [2.24, 2.45) is 0 Å². The average Bonchev–Trinajstić information content (AvgIpc) is 3.00. The van der Waals surface area contributed by atoms with E-state index in [0.29, 0.717) is 43.3 Å². The first kappa shape index (κ1) is 31.0. The molecule has 0 saturated carbocycles. The molecule has 0 aromatic heterocycles. The smallest absolute Gasteiger partial charge is 0.335 e. The zero-order chi connectivity index (χ0) is 31.2. The lowest BCUT2D eigenvalue weighted by atomic mass is 10.1. The number of halogens is 3. The van der Waals surface area contributed by atoms with Crippen LogP contribution in [0.25, 0.3) is 6.08 Å². The largest absolute Gasteiger partial charge is 0.489 e. The molecular formula is C32H22Br2ClN3O6. The second-order valence-corrected chi connectivity index (χ2v) is 11.5. The van der Waals surface area contributed by atoms with Crippen molar-refractivity contribution in [3.63, 3.8) is 0 Å². The van der Waals surface area contributed by atoms with E-state index in [4.69, 9.17) is 21.1 Å². The van der Waals surface area contributed by atoms with E-state index in [1.54, 1.807) is 60.7 Å². The van der Waals surface area contributed by atoms with Crippen LogP contribution in [-0.2, 0) is 21.0 Å². The number of amides is 5. The first-order chi connectivity index (χ1) is 21.2. The van der Waals surface area contributed by atoms with Gasteiger partial charge in [0.1, 0.15) is 23.7 Å². The highest BCUT2D eigenvalue weighted by Crippen LogP contribution is 2.36. The number of para-hydroxylation sites is 1. The zero-order valence-corrected chi connectivity index (χ0v) is 26.6. The lowest BCUT2D eigenvalue weighted by Gasteiger charge is -2.26. The summed E-state index contributed by atoms with van der Waals surface area (Å²) in [4.78, 5) is 52.0. The fourth-order valence-corrected chi connectivity index (χ4v) is 5.81. The van der Waals surface area contributed by atoms with E-state index < -0.39 is 23.8 Å². The van der Waals surface area contributed by atoms with Crippen molar-refractivity contribution in [3.8, 4) is 11.5 Å². The quantitative estimate of drug-likeness (QED) is 0.140. The van der Waals surface area contributed by atoms with E-state index in [1.165, 1.54) is 6.08 Å². The van der Waals surface area contributed by atoms with Crippen LogP contribution in [0.15, 0.2) is 106 Å². The molecular weight excluding hydrogens is 718 g/mol. The van der Waals surface area contributed by atoms with Gasteiger partial charge in [-0.3, -0.25) is 19.7 Å². The van der Waals surface area contributed by atoms with E-state index in [9.17, 15) is 19.2 Å². The first-order valence-electron chi connectivity index (χ1n) is 13.0. The molecule has 0 radical (unpaired) electrons. The Morgan fingerprint density at radius 2 is 1.55 bits per heavy atom.